The van der Waals surface area contributed by atoms with Crippen LogP contribution in [0, 0.1) is 0 Å². The number of nitrogens with zero attached hydrogens (tertiary/aromatic N) is 3. The zero-order valence-electron chi connectivity index (χ0n) is 12.1. The molecule has 0 aromatic heterocycles. The molecular formula is C12H22B2N4. The Morgan fingerprint density at radius 3 is 2.39 bits per heavy atom. The largest absolute Gasteiger partial charge is 0.326 e. The molecule has 0 fully saturated rings. The van der Waals surface area contributed by atoms with Gasteiger partial charge in [-0.15, -0.1) is 0 Å². The molecule has 0 amide bonds. The summed E-state index contributed by atoms with van der Waals surface area (Å²) in [6.45, 7) is 4.31. The van der Waals surface area contributed by atoms with E-state index in [4.69, 9.17) is 5.73 Å². The summed E-state index contributed by atoms with van der Waals surface area (Å²) in [4.78, 5) is 12.8. The lowest BCUT2D eigenvalue weighted by molar-refractivity contribution is 1.15. The molecule has 0 aliphatic carbocycles. The van der Waals surface area contributed by atoms with Crippen molar-refractivity contribution < 1.29 is 0 Å². The number of aliphatic imine (C=N–C) groups is 3. The zero-order chi connectivity index (χ0) is 14.0. The normalized spacial score (nSPS) is 15.6. The molecule has 6 heteroatoms. The summed E-state index contributed by atoms with van der Waals surface area (Å²) in [6, 6.07) is 0. The monoisotopic (exact) mass is 244 g/mol. The first-order valence-electron chi connectivity index (χ1n) is 6.21. The average Bonchev–Trinajstić information content (AvgIpc) is 2.38. The minimum Gasteiger partial charge on any atom is -0.326 e. The van der Waals surface area contributed by atoms with Crippen molar-refractivity contribution in [1.29, 1.82) is 0 Å². The number of amidine groups is 2. The van der Waals surface area contributed by atoms with Crippen LogP contribution in [0.4, 0.5) is 0 Å². The van der Waals surface area contributed by atoms with Crippen LogP contribution >= 0.6 is 0 Å². The summed E-state index contributed by atoms with van der Waals surface area (Å²) < 4.78 is 0. The molecule has 96 valence electrons. The molecule has 4 nitrogen and oxygen atoms in total. The standard InChI is InChI=1S/C12H22B2N4/c1-4-10(9(8-15)6-7-13)11(17-5-2)18-12(14)16-3/h4-6H,7-8,13-15H2,1-3H3/b9-6?,10-4+,16-12-,17-5-,18-11+. The maximum absolute atomic E-state index is 5.79. The first-order chi connectivity index (χ1) is 8.64. The molecule has 0 spiro atoms. The van der Waals surface area contributed by atoms with Crippen LogP contribution < -0.4 is 5.73 Å². The number of hydrogen-bond donors (Lipinski definition) is 1. The zero-order valence-corrected chi connectivity index (χ0v) is 12.1. The third-order valence-corrected chi connectivity index (χ3v) is 2.39. The third kappa shape index (κ3) is 5.27. The molecule has 0 rings (SSSR count). The summed E-state index contributed by atoms with van der Waals surface area (Å²) in [7, 11) is 5.65. The van der Waals surface area contributed by atoms with E-state index in [9.17, 15) is 0 Å². The van der Waals surface area contributed by atoms with Crippen molar-refractivity contribution in [2.24, 2.45) is 20.7 Å². The molecule has 0 heterocycles. The van der Waals surface area contributed by atoms with E-state index in [1.807, 2.05) is 27.8 Å². The molecule has 0 saturated heterocycles. The molecule has 0 unspecified atom stereocenters. The molecule has 0 aliphatic heterocycles. The van der Waals surface area contributed by atoms with E-state index >= 15 is 0 Å². The Labute approximate surface area is 112 Å². The first kappa shape index (κ1) is 16.6. The smallest absolute Gasteiger partial charge is 0.188 e. The van der Waals surface area contributed by atoms with Crippen LogP contribution in [-0.4, -0.2) is 47.1 Å². The lowest BCUT2D eigenvalue weighted by Gasteiger charge is -2.10. The lowest BCUT2D eigenvalue weighted by atomic mass is 9.97. The average molecular weight is 244 g/mol. The highest BCUT2D eigenvalue weighted by Gasteiger charge is 2.09. The van der Waals surface area contributed by atoms with Gasteiger partial charge < -0.3 is 5.73 Å². The minimum absolute atomic E-state index is 0.480. The Hall–Kier alpha value is -1.42. The molecule has 0 atom stereocenters. The van der Waals surface area contributed by atoms with Gasteiger partial charge in [-0.1, -0.05) is 18.5 Å². The van der Waals surface area contributed by atoms with Gasteiger partial charge in [-0.05, 0) is 19.4 Å². The van der Waals surface area contributed by atoms with E-state index in [1.54, 1.807) is 13.3 Å². The maximum atomic E-state index is 5.79. The highest BCUT2D eigenvalue weighted by atomic mass is 15.0. The fourth-order valence-corrected chi connectivity index (χ4v) is 1.49. The topological polar surface area (TPSA) is 63.1 Å². The van der Waals surface area contributed by atoms with Crippen molar-refractivity contribution in [2.45, 2.75) is 20.2 Å². The molecule has 0 aromatic carbocycles. The number of rotatable bonds is 4. The van der Waals surface area contributed by atoms with Crippen LogP contribution in [-0.2, 0) is 0 Å². The summed E-state index contributed by atoms with van der Waals surface area (Å²) in [5.41, 5.74) is 8.52. The van der Waals surface area contributed by atoms with E-state index in [-0.39, 0.29) is 0 Å². The van der Waals surface area contributed by atoms with Crippen molar-refractivity contribution in [2.75, 3.05) is 13.6 Å². The molecule has 0 aliphatic rings. The van der Waals surface area contributed by atoms with Gasteiger partial charge in [-0.25, -0.2) is 9.98 Å². The molecule has 18 heavy (non-hydrogen) atoms. The molecule has 0 bridgehead atoms. The van der Waals surface area contributed by atoms with Crippen molar-refractivity contribution >= 4 is 33.5 Å². The van der Waals surface area contributed by atoms with Gasteiger partial charge in [0.1, 0.15) is 7.85 Å². The lowest BCUT2D eigenvalue weighted by Crippen LogP contribution is -2.13. The third-order valence-electron chi connectivity index (χ3n) is 2.39. The van der Waals surface area contributed by atoms with Crippen LogP contribution in [0.15, 0.2) is 38.3 Å². The van der Waals surface area contributed by atoms with Crippen LogP contribution in [0.5, 0.6) is 0 Å². The second-order valence-corrected chi connectivity index (χ2v) is 3.64. The fraction of sp³-hybridized carbons (Fsp3) is 0.417. The highest BCUT2D eigenvalue weighted by Crippen LogP contribution is 2.13. The van der Waals surface area contributed by atoms with Crippen LogP contribution in [0.2, 0.25) is 6.32 Å². The van der Waals surface area contributed by atoms with E-state index in [2.05, 4.69) is 28.9 Å². The van der Waals surface area contributed by atoms with Gasteiger partial charge in [0, 0.05) is 25.4 Å². The summed E-state index contributed by atoms with van der Waals surface area (Å²) in [5, 5.41) is 0. The van der Waals surface area contributed by atoms with Gasteiger partial charge in [0.15, 0.2) is 13.7 Å². The van der Waals surface area contributed by atoms with Gasteiger partial charge in [0.25, 0.3) is 0 Å². The number of nitrogens with two attached hydrogens (primary N) is 1. The molecule has 0 saturated carbocycles. The van der Waals surface area contributed by atoms with Crippen LogP contribution in [0.1, 0.15) is 13.8 Å². The summed E-state index contributed by atoms with van der Waals surface area (Å²) in [5.74, 6) is 0.660. The van der Waals surface area contributed by atoms with Crippen LogP contribution in [0.25, 0.3) is 0 Å². The highest BCUT2D eigenvalue weighted by molar-refractivity contribution is 6.60. The molecule has 0 aromatic rings. The van der Waals surface area contributed by atoms with E-state index in [1.165, 1.54) is 0 Å². The second-order valence-electron chi connectivity index (χ2n) is 3.64. The Balaban J connectivity index is 5.59. The SMILES string of the molecule is BCC=C(CN)C(=C\C)/C(/N=C\C)=N\C(B)=N/C. The molecule has 2 N–H and O–H groups in total. The Kier molecular flexibility index (Phi) is 8.84. The van der Waals surface area contributed by atoms with Crippen molar-refractivity contribution in [3.8, 4) is 0 Å². The second kappa shape index (κ2) is 9.59. The van der Waals surface area contributed by atoms with E-state index < -0.39 is 0 Å². The van der Waals surface area contributed by atoms with E-state index in [0.29, 0.717) is 18.1 Å². The van der Waals surface area contributed by atoms with Crippen LogP contribution in [0.3, 0.4) is 0 Å². The van der Waals surface area contributed by atoms with Gasteiger partial charge in [-0.3, -0.25) is 4.99 Å². The molecule has 0 radical (unpaired) electrons. The number of hydrogen-bond acceptors (Lipinski definition) is 2. The Bertz CT molecular complexity index is 406. The number of allylic oxidation sites excluding steroid dienone is 2. The summed E-state index contributed by atoms with van der Waals surface area (Å²) in [6.07, 6.45) is 6.76. The summed E-state index contributed by atoms with van der Waals surface area (Å²) >= 11 is 0. The van der Waals surface area contributed by atoms with Gasteiger partial charge in [0.2, 0.25) is 0 Å². The minimum atomic E-state index is 0.480. The maximum Gasteiger partial charge on any atom is 0.188 e. The predicted molar refractivity (Wildman–Crippen MR) is 87.7 cm³/mol. The first-order valence-corrected chi connectivity index (χ1v) is 6.21. The van der Waals surface area contributed by atoms with Crippen molar-refractivity contribution in [3.63, 3.8) is 0 Å². The van der Waals surface area contributed by atoms with E-state index in [0.717, 1.165) is 17.5 Å². The van der Waals surface area contributed by atoms with Gasteiger partial charge in [0.05, 0.1) is 5.73 Å². The Morgan fingerprint density at radius 1 is 1.33 bits per heavy atom. The predicted octanol–water partition coefficient (Wildman–Crippen LogP) is -0.0227. The van der Waals surface area contributed by atoms with Gasteiger partial charge >= 0.3 is 0 Å². The fourth-order valence-electron chi connectivity index (χ4n) is 1.49. The molecular weight excluding hydrogens is 222 g/mol. The Morgan fingerprint density at radius 2 is 2.00 bits per heavy atom. The van der Waals surface area contributed by atoms with Crippen molar-refractivity contribution in [1.82, 2.24) is 0 Å². The van der Waals surface area contributed by atoms with Gasteiger partial charge in [-0.2, -0.15) is 0 Å². The van der Waals surface area contributed by atoms with Crippen molar-refractivity contribution in [3.05, 3.63) is 23.3 Å². The quantitative estimate of drug-likeness (QED) is 0.321.